The second-order valence-electron chi connectivity index (χ2n) is 6.61. The number of carbonyl (C=O) groups excluding carboxylic acids is 1. The molecule has 2 nitrogen and oxygen atoms in total. The van der Waals surface area contributed by atoms with Crippen LogP contribution in [-0.4, -0.2) is 17.7 Å². The van der Waals surface area contributed by atoms with E-state index in [4.69, 9.17) is 4.74 Å². The highest BCUT2D eigenvalue weighted by Crippen LogP contribution is 2.41. The number of halogens is 3. The zero-order valence-corrected chi connectivity index (χ0v) is 13.8. The highest BCUT2D eigenvalue weighted by molar-refractivity contribution is 5.91. The van der Waals surface area contributed by atoms with Crippen LogP contribution in [-0.2, 0) is 9.53 Å². The van der Waals surface area contributed by atoms with Gasteiger partial charge in [-0.3, -0.25) is 0 Å². The van der Waals surface area contributed by atoms with Crippen molar-refractivity contribution >= 4 is 16.7 Å². The van der Waals surface area contributed by atoms with Gasteiger partial charge in [-0.2, -0.15) is 13.2 Å². The maximum Gasteiger partial charge on any atom is 0.399 e. The zero-order valence-electron chi connectivity index (χ0n) is 13.8. The van der Waals surface area contributed by atoms with E-state index in [1.807, 2.05) is 12.1 Å². The quantitative estimate of drug-likeness (QED) is 0.555. The maximum absolute atomic E-state index is 13.6. The van der Waals surface area contributed by atoms with Crippen LogP contribution in [0.15, 0.2) is 54.6 Å². The first-order valence-corrected chi connectivity index (χ1v) is 7.46. The minimum Gasteiger partial charge on any atom is -0.457 e. The Labute approximate surface area is 138 Å². The average Bonchev–Trinajstić information content (AvgIpc) is 2.44. The van der Waals surface area contributed by atoms with Gasteiger partial charge >= 0.3 is 12.1 Å². The van der Waals surface area contributed by atoms with Crippen LogP contribution in [0.2, 0.25) is 0 Å². The molecule has 5 heteroatoms. The molecule has 0 amide bonds. The third-order valence-electron chi connectivity index (χ3n) is 3.44. The number of benzene rings is 2. The van der Waals surface area contributed by atoms with Gasteiger partial charge in [0.15, 0.2) is 0 Å². The third-order valence-corrected chi connectivity index (χ3v) is 3.44. The van der Waals surface area contributed by atoms with Gasteiger partial charge in [-0.15, -0.1) is 0 Å². The number of hydrogen-bond acceptors (Lipinski definition) is 2. The molecule has 1 unspecified atom stereocenters. The Morgan fingerprint density at radius 2 is 1.62 bits per heavy atom. The van der Waals surface area contributed by atoms with E-state index in [2.05, 4.69) is 6.58 Å². The minimum atomic E-state index is -4.64. The molecule has 2 aromatic carbocycles. The number of fused-ring (bicyclic) bond motifs is 1. The molecule has 2 rings (SSSR count). The topological polar surface area (TPSA) is 26.3 Å². The van der Waals surface area contributed by atoms with E-state index < -0.39 is 29.2 Å². The molecule has 0 aliphatic heterocycles. The lowest BCUT2D eigenvalue weighted by Gasteiger charge is -2.26. The summed E-state index contributed by atoms with van der Waals surface area (Å²) in [4.78, 5) is 12.1. The van der Waals surface area contributed by atoms with Crippen LogP contribution in [0, 0.1) is 0 Å². The highest BCUT2D eigenvalue weighted by atomic mass is 19.4. The molecule has 0 bridgehead atoms. The lowest BCUT2D eigenvalue weighted by molar-refractivity contribution is -0.161. The molecule has 0 N–H and O–H groups in total. The molecule has 128 valence electrons. The van der Waals surface area contributed by atoms with Crippen molar-refractivity contribution in [3.63, 3.8) is 0 Å². The molecule has 0 saturated heterocycles. The molecule has 0 radical (unpaired) electrons. The fraction of sp³-hybridized carbons (Fsp3) is 0.316. The molecular formula is C19H19F3O2. The largest absolute Gasteiger partial charge is 0.457 e. The monoisotopic (exact) mass is 336 g/mol. The summed E-state index contributed by atoms with van der Waals surface area (Å²) >= 11 is 0. The van der Waals surface area contributed by atoms with Gasteiger partial charge in [0.2, 0.25) is 0 Å². The van der Waals surface area contributed by atoms with Gasteiger partial charge in [0.05, 0.1) is 0 Å². The van der Waals surface area contributed by atoms with Crippen LogP contribution in [0.5, 0.6) is 0 Å². The third kappa shape index (κ3) is 4.16. The Balaban J connectivity index is 2.44. The molecule has 0 aliphatic rings. The number of ether oxygens (including phenoxy) is 1. The molecule has 0 heterocycles. The highest BCUT2D eigenvalue weighted by Gasteiger charge is 2.45. The van der Waals surface area contributed by atoms with Gasteiger partial charge in [0.25, 0.3) is 0 Å². The first kappa shape index (κ1) is 18.0. The fourth-order valence-electron chi connectivity index (χ4n) is 2.44. The molecule has 0 saturated carbocycles. The van der Waals surface area contributed by atoms with Crippen molar-refractivity contribution in [3.05, 3.63) is 60.2 Å². The molecule has 0 aromatic heterocycles. The molecule has 24 heavy (non-hydrogen) atoms. The predicted molar refractivity (Wildman–Crippen MR) is 87.7 cm³/mol. The Bertz CT molecular complexity index is 770. The standard InChI is InChI=1S/C19H19F3O2/c1-12(17(23)24-18(2,3)4)16(19(20,21)22)15-10-9-13-7-5-6-8-14(13)11-15/h5-11,16H,1H2,2-4H3. The van der Waals surface area contributed by atoms with Gasteiger partial charge < -0.3 is 4.74 Å². The van der Waals surface area contributed by atoms with Crippen molar-refractivity contribution in [2.45, 2.75) is 38.5 Å². The van der Waals surface area contributed by atoms with E-state index in [1.165, 1.54) is 12.1 Å². The van der Waals surface area contributed by atoms with Crippen molar-refractivity contribution in [3.8, 4) is 0 Å². The summed E-state index contributed by atoms with van der Waals surface area (Å²) in [5.41, 5.74) is -1.54. The Morgan fingerprint density at radius 3 is 2.17 bits per heavy atom. The number of rotatable bonds is 3. The average molecular weight is 336 g/mol. The summed E-state index contributed by atoms with van der Waals surface area (Å²) in [5.74, 6) is -3.14. The Kier molecular flexibility index (Phi) is 4.74. The minimum absolute atomic E-state index is 0.0305. The SMILES string of the molecule is C=C(C(=O)OC(C)(C)C)C(c1ccc2ccccc2c1)C(F)(F)F. The summed E-state index contributed by atoms with van der Waals surface area (Å²) < 4.78 is 45.8. The molecule has 1 atom stereocenters. The normalized spacial score (nSPS) is 13.6. The van der Waals surface area contributed by atoms with Crippen LogP contribution < -0.4 is 0 Å². The van der Waals surface area contributed by atoms with Crippen molar-refractivity contribution < 1.29 is 22.7 Å². The van der Waals surface area contributed by atoms with Gasteiger partial charge in [-0.05, 0) is 37.1 Å². The smallest absolute Gasteiger partial charge is 0.399 e. The van der Waals surface area contributed by atoms with E-state index in [0.29, 0.717) is 5.39 Å². The van der Waals surface area contributed by atoms with Crippen molar-refractivity contribution in [1.29, 1.82) is 0 Å². The number of esters is 1. The van der Waals surface area contributed by atoms with Crippen LogP contribution >= 0.6 is 0 Å². The van der Waals surface area contributed by atoms with Crippen LogP contribution in [0.1, 0.15) is 32.3 Å². The van der Waals surface area contributed by atoms with Crippen molar-refractivity contribution in [1.82, 2.24) is 0 Å². The summed E-state index contributed by atoms with van der Waals surface area (Å²) in [6, 6.07) is 11.5. The van der Waals surface area contributed by atoms with E-state index >= 15 is 0 Å². The maximum atomic E-state index is 13.6. The van der Waals surface area contributed by atoms with E-state index in [1.54, 1.807) is 39.0 Å². The van der Waals surface area contributed by atoms with Gasteiger partial charge in [0, 0.05) is 5.57 Å². The second-order valence-corrected chi connectivity index (χ2v) is 6.61. The lowest BCUT2D eigenvalue weighted by atomic mass is 9.89. The summed E-state index contributed by atoms with van der Waals surface area (Å²) in [7, 11) is 0. The Hall–Kier alpha value is -2.30. The van der Waals surface area contributed by atoms with Crippen LogP contribution in [0.4, 0.5) is 13.2 Å². The van der Waals surface area contributed by atoms with E-state index in [9.17, 15) is 18.0 Å². The molecule has 0 fully saturated rings. The summed E-state index contributed by atoms with van der Waals surface area (Å²) in [5, 5.41) is 1.49. The van der Waals surface area contributed by atoms with Gasteiger partial charge in [-0.1, -0.05) is 49.0 Å². The first-order valence-electron chi connectivity index (χ1n) is 7.46. The van der Waals surface area contributed by atoms with Gasteiger partial charge in [0.1, 0.15) is 11.5 Å². The molecule has 0 aliphatic carbocycles. The van der Waals surface area contributed by atoms with Crippen LogP contribution in [0.3, 0.4) is 0 Å². The number of hydrogen-bond donors (Lipinski definition) is 0. The molecule has 2 aromatic rings. The fourth-order valence-corrected chi connectivity index (χ4v) is 2.44. The molecule has 0 spiro atoms. The summed E-state index contributed by atoms with van der Waals surface area (Å²) in [6.45, 7) is 8.15. The number of carbonyl (C=O) groups is 1. The van der Waals surface area contributed by atoms with Crippen LogP contribution in [0.25, 0.3) is 10.8 Å². The van der Waals surface area contributed by atoms with Gasteiger partial charge in [-0.25, -0.2) is 4.79 Å². The zero-order chi connectivity index (χ0) is 18.1. The van der Waals surface area contributed by atoms with E-state index in [0.717, 1.165) is 5.39 Å². The second kappa shape index (κ2) is 6.30. The first-order chi connectivity index (χ1) is 11.0. The van der Waals surface area contributed by atoms with E-state index in [-0.39, 0.29) is 5.56 Å². The van der Waals surface area contributed by atoms with Crippen molar-refractivity contribution in [2.75, 3.05) is 0 Å². The summed E-state index contributed by atoms with van der Waals surface area (Å²) in [6.07, 6.45) is -4.64. The lowest BCUT2D eigenvalue weighted by Crippen LogP contribution is -2.31. The molecular weight excluding hydrogens is 317 g/mol. The predicted octanol–water partition coefficient (Wildman–Crippen LogP) is 5.38. The Morgan fingerprint density at radius 1 is 1.04 bits per heavy atom. The number of alkyl halides is 3. The van der Waals surface area contributed by atoms with Crippen molar-refractivity contribution in [2.24, 2.45) is 0 Å².